The van der Waals surface area contributed by atoms with Gasteiger partial charge >= 0.3 is 11.8 Å². The first-order valence-electron chi connectivity index (χ1n) is 7.72. The van der Waals surface area contributed by atoms with Gasteiger partial charge in [0.1, 0.15) is 30.0 Å². The zero-order valence-corrected chi connectivity index (χ0v) is 13.2. The fourth-order valence-corrected chi connectivity index (χ4v) is 2.87. The Kier molecular flexibility index (Phi) is 4.93. The summed E-state index contributed by atoms with van der Waals surface area (Å²) in [6, 6.07) is 4.15. The minimum atomic E-state index is -4.69. The number of ether oxygens (including phenoxy) is 1. The second kappa shape index (κ2) is 6.88. The van der Waals surface area contributed by atoms with Crippen LogP contribution in [0.2, 0.25) is 0 Å². The summed E-state index contributed by atoms with van der Waals surface area (Å²) in [7, 11) is 0. The van der Waals surface area contributed by atoms with Crippen molar-refractivity contribution < 1.29 is 37.6 Å². The molecule has 3 rings (SSSR count). The first-order chi connectivity index (χ1) is 12.2. The number of fused-ring (bicyclic) bond motifs is 1. The summed E-state index contributed by atoms with van der Waals surface area (Å²) < 4.78 is 49.2. The number of hydrogen-bond donors (Lipinski definition) is 4. The third-order valence-electron chi connectivity index (χ3n) is 4.20. The summed E-state index contributed by atoms with van der Waals surface area (Å²) in [6.45, 7) is -0.445. The van der Waals surface area contributed by atoms with Gasteiger partial charge in [-0.25, -0.2) is 4.79 Å². The first-order valence-corrected chi connectivity index (χ1v) is 7.72. The molecule has 10 heteroatoms. The smallest absolute Gasteiger partial charge is 0.417 e. The molecule has 1 fully saturated rings. The fraction of sp³-hybridized carbons (Fsp3) is 0.438. The van der Waals surface area contributed by atoms with Crippen molar-refractivity contribution in [2.24, 2.45) is 0 Å². The molecule has 0 aliphatic carbocycles. The van der Waals surface area contributed by atoms with E-state index in [1.807, 2.05) is 0 Å². The molecule has 1 saturated heterocycles. The lowest BCUT2D eigenvalue weighted by Gasteiger charge is -2.16. The van der Waals surface area contributed by atoms with Crippen molar-refractivity contribution >= 4 is 16.7 Å². The Balaban J connectivity index is 1.81. The van der Waals surface area contributed by atoms with Crippen molar-refractivity contribution in [3.63, 3.8) is 0 Å². The number of anilines is 1. The Morgan fingerprint density at radius 3 is 2.42 bits per heavy atom. The molecule has 0 saturated carbocycles. The molecule has 1 aliphatic heterocycles. The summed E-state index contributed by atoms with van der Waals surface area (Å²) in [5.41, 5.74) is -2.11. The number of benzene rings is 1. The number of hydrogen-bond acceptors (Lipinski definition) is 7. The van der Waals surface area contributed by atoms with Gasteiger partial charge in [0, 0.05) is 29.8 Å². The van der Waals surface area contributed by atoms with Crippen molar-refractivity contribution in [3.05, 3.63) is 40.2 Å². The molecule has 2 aromatic rings. The molecule has 26 heavy (non-hydrogen) atoms. The Labute approximate surface area is 144 Å². The molecule has 0 amide bonds. The van der Waals surface area contributed by atoms with E-state index in [2.05, 4.69) is 5.32 Å². The van der Waals surface area contributed by atoms with Gasteiger partial charge in [-0.2, -0.15) is 13.2 Å². The third-order valence-corrected chi connectivity index (χ3v) is 4.20. The van der Waals surface area contributed by atoms with E-state index in [0.717, 1.165) is 0 Å². The van der Waals surface area contributed by atoms with Crippen LogP contribution in [0.15, 0.2) is 33.5 Å². The zero-order valence-electron chi connectivity index (χ0n) is 13.2. The second-order valence-electron chi connectivity index (χ2n) is 5.95. The van der Waals surface area contributed by atoms with Gasteiger partial charge in [-0.1, -0.05) is 0 Å². The van der Waals surface area contributed by atoms with Crippen LogP contribution in [0.25, 0.3) is 11.0 Å². The van der Waals surface area contributed by atoms with Crippen molar-refractivity contribution in [3.8, 4) is 0 Å². The van der Waals surface area contributed by atoms with E-state index in [1.54, 1.807) is 0 Å². The lowest BCUT2D eigenvalue weighted by Crippen LogP contribution is -2.36. The van der Waals surface area contributed by atoms with Crippen LogP contribution in [0, 0.1) is 0 Å². The van der Waals surface area contributed by atoms with Crippen LogP contribution in [0.4, 0.5) is 18.9 Å². The van der Waals surface area contributed by atoms with Crippen molar-refractivity contribution in [2.75, 3.05) is 18.5 Å². The van der Waals surface area contributed by atoms with Gasteiger partial charge in [0.2, 0.25) is 0 Å². The summed E-state index contributed by atoms with van der Waals surface area (Å²) in [5.74, 6) is 0. The Morgan fingerprint density at radius 1 is 1.12 bits per heavy atom. The average Bonchev–Trinajstić information content (AvgIpc) is 2.85. The maximum absolute atomic E-state index is 13.0. The van der Waals surface area contributed by atoms with E-state index in [-0.39, 0.29) is 17.5 Å². The molecule has 7 nitrogen and oxygen atoms in total. The monoisotopic (exact) mass is 375 g/mol. The lowest BCUT2D eigenvalue weighted by atomic mass is 10.1. The van der Waals surface area contributed by atoms with Crippen molar-refractivity contribution in [1.29, 1.82) is 0 Å². The number of aliphatic hydroxyl groups is 3. The van der Waals surface area contributed by atoms with Gasteiger partial charge in [-0.05, 0) is 12.1 Å². The Bertz CT molecular complexity index is 852. The Hall–Kier alpha value is -2.14. The molecular formula is C16H16F3NO6. The highest BCUT2D eigenvalue weighted by atomic mass is 19.4. The van der Waals surface area contributed by atoms with E-state index < -0.39 is 48.4 Å². The number of nitrogens with one attached hydrogen (secondary N) is 1. The molecule has 0 radical (unpaired) electrons. The summed E-state index contributed by atoms with van der Waals surface area (Å²) in [6.07, 6.45) is -8.90. The normalized spacial score (nSPS) is 26.4. The standard InChI is InChI=1S/C16H16F3NO6/c17-16(18,19)9-4-13(22)26-10-3-7(1-2-8(9)10)20-5-11-14(23)15(24)12(6-21)25-11/h1-4,11-12,14-15,20-21,23-24H,5-6H2/t11-,12-,14-,15-/m1/s1. The predicted molar refractivity (Wildman–Crippen MR) is 83.7 cm³/mol. The van der Waals surface area contributed by atoms with Gasteiger partial charge < -0.3 is 29.8 Å². The van der Waals surface area contributed by atoms with Gasteiger partial charge in [0.15, 0.2) is 0 Å². The molecule has 4 atom stereocenters. The summed E-state index contributed by atoms with van der Waals surface area (Å²) in [4.78, 5) is 11.4. The summed E-state index contributed by atoms with van der Waals surface area (Å²) in [5, 5.41) is 31.2. The van der Waals surface area contributed by atoms with E-state index in [0.29, 0.717) is 11.8 Å². The predicted octanol–water partition coefficient (Wildman–Crippen LogP) is 0.705. The minimum absolute atomic E-state index is 0.0173. The van der Waals surface area contributed by atoms with Crippen LogP contribution in [0.5, 0.6) is 0 Å². The maximum atomic E-state index is 13.0. The number of alkyl halides is 3. The van der Waals surface area contributed by atoms with E-state index in [9.17, 15) is 28.2 Å². The number of rotatable bonds is 4. The second-order valence-corrected chi connectivity index (χ2v) is 5.95. The fourth-order valence-electron chi connectivity index (χ4n) is 2.87. The topological polar surface area (TPSA) is 112 Å². The highest BCUT2D eigenvalue weighted by Gasteiger charge is 2.42. The zero-order chi connectivity index (χ0) is 19.1. The van der Waals surface area contributed by atoms with Gasteiger partial charge in [0.05, 0.1) is 12.2 Å². The average molecular weight is 375 g/mol. The van der Waals surface area contributed by atoms with Crippen molar-refractivity contribution in [1.82, 2.24) is 0 Å². The highest BCUT2D eigenvalue weighted by Crippen LogP contribution is 2.34. The summed E-state index contributed by atoms with van der Waals surface area (Å²) >= 11 is 0. The number of halogens is 3. The van der Waals surface area contributed by atoms with E-state index in [4.69, 9.17) is 14.3 Å². The third kappa shape index (κ3) is 3.54. The molecular weight excluding hydrogens is 359 g/mol. The Morgan fingerprint density at radius 2 is 1.81 bits per heavy atom. The molecule has 1 aromatic heterocycles. The molecule has 0 bridgehead atoms. The van der Waals surface area contributed by atoms with Crippen LogP contribution in [0.3, 0.4) is 0 Å². The van der Waals surface area contributed by atoms with Crippen LogP contribution < -0.4 is 10.9 Å². The molecule has 0 spiro atoms. The van der Waals surface area contributed by atoms with Crippen LogP contribution >= 0.6 is 0 Å². The van der Waals surface area contributed by atoms with E-state index in [1.165, 1.54) is 18.2 Å². The largest absolute Gasteiger partial charge is 0.423 e. The van der Waals surface area contributed by atoms with Gasteiger partial charge in [-0.15, -0.1) is 0 Å². The van der Waals surface area contributed by atoms with Crippen molar-refractivity contribution in [2.45, 2.75) is 30.6 Å². The number of aliphatic hydroxyl groups excluding tert-OH is 3. The van der Waals surface area contributed by atoms with Gasteiger partial charge in [-0.3, -0.25) is 0 Å². The maximum Gasteiger partial charge on any atom is 0.417 e. The molecule has 1 aliphatic rings. The quantitative estimate of drug-likeness (QED) is 0.582. The van der Waals surface area contributed by atoms with Gasteiger partial charge in [0.25, 0.3) is 0 Å². The van der Waals surface area contributed by atoms with Crippen LogP contribution in [-0.2, 0) is 10.9 Å². The van der Waals surface area contributed by atoms with Crippen LogP contribution in [-0.4, -0.2) is 52.9 Å². The van der Waals surface area contributed by atoms with Crippen LogP contribution in [0.1, 0.15) is 5.56 Å². The molecule has 1 aromatic carbocycles. The highest BCUT2D eigenvalue weighted by molar-refractivity contribution is 5.83. The first kappa shape index (κ1) is 18.6. The van der Waals surface area contributed by atoms with E-state index >= 15 is 0 Å². The lowest BCUT2D eigenvalue weighted by molar-refractivity contribution is -0.136. The minimum Gasteiger partial charge on any atom is -0.423 e. The molecule has 0 unspecified atom stereocenters. The molecule has 142 valence electrons. The molecule has 2 heterocycles. The SMILES string of the molecule is O=c1cc(C(F)(F)F)c2ccc(NC[C@H]3O[C@H](CO)[C@@H](O)[C@@H]3O)cc2o1. The molecule has 4 N–H and O–H groups in total.